The third-order valence-corrected chi connectivity index (χ3v) is 4.52. The van der Waals surface area contributed by atoms with Crippen molar-refractivity contribution in [2.45, 2.75) is 33.1 Å². The van der Waals surface area contributed by atoms with E-state index >= 15 is 0 Å². The highest BCUT2D eigenvalue weighted by molar-refractivity contribution is 7.17. The van der Waals surface area contributed by atoms with Crippen LogP contribution >= 0.6 is 11.3 Å². The number of hydrogen-bond acceptors (Lipinski definition) is 2. The second-order valence-corrected chi connectivity index (χ2v) is 5.85. The molecule has 98 valence electrons. The number of rotatable bonds is 7. The molecule has 1 heterocycles. The first-order valence-corrected chi connectivity index (χ1v) is 7.89. The number of thiophene rings is 1. The topological polar surface area (TPSA) is 12.0 Å². The minimum atomic E-state index is 0.759. The second kappa shape index (κ2) is 6.91. The molecule has 0 saturated heterocycles. The first-order valence-electron chi connectivity index (χ1n) is 7.01. The molecule has 0 spiro atoms. The summed E-state index contributed by atoms with van der Waals surface area (Å²) in [6.45, 7) is 6.81. The van der Waals surface area contributed by atoms with Gasteiger partial charge in [-0.25, -0.2) is 0 Å². The normalized spacial score (nSPS) is 13.0. The first-order chi connectivity index (χ1) is 8.85. The molecule has 1 aromatic heterocycles. The Hall–Kier alpha value is -0.860. The summed E-state index contributed by atoms with van der Waals surface area (Å²) in [6.07, 6.45) is 3.68. The van der Waals surface area contributed by atoms with E-state index in [1.807, 2.05) is 11.3 Å². The molecule has 0 aliphatic rings. The van der Waals surface area contributed by atoms with Gasteiger partial charge >= 0.3 is 0 Å². The Kier molecular flexibility index (Phi) is 5.21. The third kappa shape index (κ3) is 3.33. The fourth-order valence-corrected chi connectivity index (χ4v) is 3.32. The monoisotopic (exact) mass is 261 g/mol. The fourth-order valence-electron chi connectivity index (χ4n) is 2.35. The van der Waals surface area contributed by atoms with Gasteiger partial charge in [0.1, 0.15) is 0 Å². The lowest BCUT2D eigenvalue weighted by Crippen LogP contribution is -2.24. The average Bonchev–Trinajstić information content (AvgIpc) is 2.81. The minimum Gasteiger partial charge on any atom is -0.316 e. The zero-order valence-corrected chi connectivity index (χ0v) is 12.2. The maximum absolute atomic E-state index is 3.55. The zero-order valence-electron chi connectivity index (χ0n) is 11.4. The molecule has 2 aromatic rings. The van der Waals surface area contributed by atoms with Gasteiger partial charge in [-0.1, -0.05) is 38.5 Å². The molecular formula is C16H23NS. The molecule has 2 rings (SSSR count). The second-order valence-electron chi connectivity index (χ2n) is 4.94. The summed E-state index contributed by atoms with van der Waals surface area (Å²) >= 11 is 1.87. The summed E-state index contributed by atoms with van der Waals surface area (Å²) in [6, 6.07) is 8.75. The van der Waals surface area contributed by atoms with Crippen molar-refractivity contribution in [2.75, 3.05) is 13.1 Å². The smallest absolute Gasteiger partial charge is 0.0345 e. The molecule has 1 N–H and O–H groups in total. The first kappa shape index (κ1) is 13.6. The molecular weight excluding hydrogens is 238 g/mol. The Labute approximate surface area is 114 Å². The van der Waals surface area contributed by atoms with Gasteiger partial charge in [-0.3, -0.25) is 0 Å². The van der Waals surface area contributed by atoms with Crippen molar-refractivity contribution in [3.8, 4) is 0 Å². The van der Waals surface area contributed by atoms with Gasteiger partial charge in [0, 0.05) is 4.70 Å². The quantitative estimate of drug-likeness (QED) is 0.725. The Morgan fingerprint density at radius 3 is 2.83 bits per heavy atom. The van der Waals surface area contributed by atoms with E-state index in [4.69, 9.17) is 0 Å². The Balaban J connectivity index is 2.02. The molecule has 18 heavy (non-hydrogen) atoms. The van der Waals surface area contributed by atoms with Crippen LogP contribution in [0.1, 0.15) is 32.3 Å². The molecule has 2 heteroatoms. The van der Waals surface area contributed by atoms with Gasteiger partial charge in [0.15, 0.2) is 0 Å². The van der Waals surface area contributed by atoms with Crippen LogP contribution in [-0.4, -0.2) is 13.1 Å². The predicted octanol–water partition coefficient (Wildman–Crippen LogP) is 4.47. The van der Waals surface area contributed by atoms with Crippen LogP contribution in [0, 0.1) is 5.92 Å². The van der Waals surface area contributed by atoms with Crippen LogP contribution < -0.4 is 5.32 Å². The molecule has 1 unspecified atom stereocenters. The van der Waals surface area contributed by atoms with E-state index in [-0.39, 0.29) is 0 Å². The molecule has 1 nitrogen and oxygen atoms in total. The van der Waals surface area contributed by atoms with Gasteiger partial charge in [-0.15, -0.1) is 11.3 Å². The van der Waals surface area contributed by atoms with E-state index in [1.54, 1.807) is 0 Å². The highest BCUT2D eigenvalue weighted by atomic mass is 32.1. The number of fused-ring (bicyclic) bond motifs is 1. The maximum Gasteiger partial charge on any atom is 0.0345 e. The summed E-state index contributed by atoms with van der Waals surface area (Å²) in [5, 5.41) is 7.35. The highest BCUT2D eigenvalue weighted by Crippen LogP contribution is 2.28. The van der Waals surface area contributed by atoms with Crippen molar-refractivity contribution < 1.29 is 0 Å². The van der Waals surface area contributed by atoms with Crippen LogP contribution in [0.25, 0.3) is 10.1 Å². The summed E-state index contributed by atoms with van der Waals surface area (Å²) in [5.41, 5.74) is 1.53. The summed E-state index contributed by atoms with van der Waals surface area (Å²) < 4.78 is 1.42. The number of benzene rings is 1. The van der Waals surface area contributed by atoms with Gasteiger partial charge in [-0.2, -0.15) is 0 Å². The van der Waals surface area contributed by atoms with Crippen molar-refractivity contribution in [2.24, 2.45) is 5.92 Å². The standard InChI is InChI=1S/C16H23NS/c1-3-9-17-11-13(4-2)10-14-12-18-16-8-6-5-7-15(14)16/h5-8,12-13,17H,3-4,9-11H2,1-2H3. The molecule has 0 bridgehead atoms. The summed E-state index contributed by atoms with van der Waals surface area (Å²) in [5.74, 6) is 0.759. The van der Waals surface area contributed by atoms with E-state index < -0.39 is 0 Å². The predicted molar refractivity (Wildman–Crippen MR) is 82.5 cm³/mol. The minimum absolute atomic E-state index is 0.759. The zero-order chi connectivity index (χ0) is 12.8. The molecule has 1 atom stereocenters. The summed E-state index contributed by atoms with van der Waals surface area (Å²) in [7, 11) is 0. The van der Waals surface area contributed by atoms with Crippen LogP contribution in [0.15, 0.2) is 29.6 Å². The van der Waals surface area contributed by atoms with Crippen molar-refractivity contribution in [1.29, 1.82) is 0 Å². The molecule has 0 fully saturated rings. The summed E-state index contributed by atoms with van der Waals surface area (Å²) in [4.78, 5) is 0. The van der Waals surface area contributed by atoms with Crippen molar-refractivity contribution in [3.63, 3.8) is 0 Å². The Bertz CT molecular complexity index is 475. The average molecular weight is 261 g/mol. The van der Waals surface area contributed by atoms with E-state index in [2.05, 4.69) is 48.8 Å². The van der Waals surface area contributed by atoms with Crippen molar-refractivity contribution >= 4 is 21.4 Å². The van der Waals surface area contributed by atoms with E-state index in [1.165, 1.54) is 34.9 Å². The van der Waals surface area contributed by atoms with Crippen LogP contribution in [0.3, 0.4) is 0 Å². The lowest BCUT2D eigenvalue weighted by molar-refractivity contribution is 0.462. The van der Waals surface area contributed by atoms with Gasteiger partial charge in [0.2, 0.25) is 0 Å². The molecule has 0 aliphatic carbocycles. The van der Waals surface area contributed by atoms with Gasteiger partial charge in [-0.05, 0) is 54.2 Å². The van der Waals surface area contributed by atoms with Gasteiger partial charge in [0.05, 0.1) is 0 Å². The van der Waals surface area contributed by atoms with Gasteiger partial charge in [0.25, 0.3) is 0 Å². The molecule has 0 saturated carbocycles. The SMILES string of the molecule is CCCNCC(CC)Cc1csc2ccccc12. The fraction of sp³-hybridized carbons (Fsp3) is 0.500. The van der Waals surface area contributed by atoms with E-state index in [9.17, 15) is 0 Å². The lowest BCUT2D eigenvalue weighted by atomic mass is 9.96. The molecule has 1 aromatic carbocycles. The van der Waals surface area contributed by atoms with E-state index in [0.29, 0.717) is 0 Å². The lowest BCUT2D eigenvalue weighted by Gasteiger charge is -2.15. The van der Waals surface area contributed by atoms with Crippen LogP contribution in [0.2, 0.25) is 0 Å². The van der Waals surface area contributed by atoms with Crippen molar-refractivity contribution in [1.82, 2.24) is 5.32 Å². The van der Waals surface area contributed by atoms with Crippen LogP contribution in [0.5, 0.6) is 0 Å². The molecule has 0 aliphatic heterocycles. The number of hydrogen-bond donors (Lipinski definition) is 1. The van der Waals surface area contributed by atoms with Crippen molar-refractivity contribution in [3.05, 3.63) is 35.2 Å². The number of nitrogens with one attached hydrogen (secondary N) is 1. The molecule has 0 radical (unpaired) electrons. The highest BCUT2D eigenvalue weighted by Gasteiger charge is 2.10. The van der Waals surface area contributed by atoms with E-state index in [0.717, 1.165) is 19.0 Å². The van der Waals surface area contributed by atoms with Crippen LogP contribution in [0.4, 0.5) is 0 Å². The van der Waals surface area contributed by atoms with Crippen LogP contribution in [-0.2, 0) is 6.42 Å². The Morgan fingerprint density at radius 2 is 2.06 bits per heavy atom. The largest absolute Gasteiger partial charge is 0.316 e. The van der Waals surface area contributed by atoms with Gasteiger partial charge < -0.3 is 5.32 Å². The molecule has 0 amide bonds. The maximum atomic E-state index is 3.55. The third-order valence-electron chi connectivity index (χ3n) is 3.51. The Morgan fingerprint density at radius 1 is 1.22 bits per heavy atom.